The zero-order valence-corrected chi connectivity index (χ0v) is 15.5. The van der Waals surface area contributed by atoms with Gasteiger partial charge in [-0.25, -0.2) is 9.59 Å². The molecule has 1 aromatic heterocycles. The molecule has 0 radical (unpaired) electrons. The standard InChI is InChI=1S/C14H19ClN2O.C4H4O4/c1-3-7-16-8-6-10-9-17-11-4-5-12(18-2)14(15)13(10)11;5-3(6)1-2-4(7)8/h4-5,9,16-17H,3,6-8H2,1-2H3;1-2H,(H,5,6)(H,7,8)/b;2-1+. The van der Waals surface area contributed by atoms with Gasteiger partial charge in [-0.05, 0) is 43.6 Å². The van der Waals surface area contributed by atoms with Crippen LogP contribution < -0.4 is 10.1 Å². The molecule has 7 nitrogen and oxygen atoms in total. The van der Waals surface area contributed by atoms with Gasteiger partial charge in [-0.15, -0.1) is 0 Å². The van der Waals surface area contributed by atoms with Crippen LogP contribution in [0.2, 0.25) is 5.02 Å². The van der Waals surface area contributed by atoms with Gasteiger partial charge in [0.25, 0.3) is 0 Å². The first-order valence-corrected chi connectivity index (χ1v) is 8.45. The van der Waals surface area contributed by atoms with Crippen LogP contribution >= 0.6 is 11.6 Å². The third-order valence-electron chi connectivity index (χ3n) is 3.42. The summed E-state index contributed by atoms with van der Waals surface area (Å²) in [5, 5.41) is 20.8. The number of fused-ring (bicyclic) bond motifs is 1. The molecule has 1 heterocycles. The highest BCUT2D eigenvalue weighted by Gasteiger charge is 2.11. The fourth-order valence-electron chi connectivity index (χ4n) is 2.25. The molecule has 8 heteroatoms. The summed E-state index contributed by atoms with van der Waals surface area (Å²) in [4.78, 5) is 22.4. The van der Waals surface area contributed by atoms with Gasteiger partial charge in [0.05, 0.1) is 12.1 Å². The zero-order valence-electron chi connectivity index (χ0n) is 14.7. The van der Waals surface area contributed by atoms with Crippen molar-refractivity contribution in [2.24, 2.45) is 0 Å². The maximum atomic E-state index is 9.55. The lowest BCUT2D eigenvalue weighted by molar-refractivity contribution is -0.134. The van der Waals surface area contributed by atoms with E-state index in [4.69, 9.17) is 26.6 Å². The SMILES string of the molecule is CCCNCCc1c[nH]c2ccc(OC)c(Cl)c12.O=C(O)/C=C/C(=O)O. The molecule has 0 aliphatic carbocycles. The average Bonchev–Trinajstić information content (AvgIpc) is 3.02. The lowest BCUT2D eigenvalue weighted by atomic mass is 10.1. The monoisotopic (exact) mass is 382 g/mol. The van der Waals surface area contributed by atoms with E-state index in [0.29, 0.717) is 17.2 Å². The number of hydrogen-bond acceptors (Lipinski definition) is 4. The first kappa shape index (κ1) is 21.5. The topological polar surface area (TPSA) is 112 Å². The zero-order chi connectivity index (χ0) is 19.5. The summed E-state index contributed by atoms with van der Waals surface area (Å²) < 4.78 is 5.26. The summed E-state index contributed by atoms with van der Waals surface area (Å²) in [6.07, 6.45) is 5.27. The summed E-state index contributed by atoms with van der Waals surface area (Å²) in [6, 6.07) is 3.89. The molecule has 2 aromatic rings. The van der Waals surface area contributed by atoms with Crippen molar-refractivity contribution in [3.05, 3.63) is 41.1 Å². The molecule has 0 atom stereocenters. The van der Waals surface area contributed by atoms with Crippen molar-refractivity contribution in [3.8, 4) is 5.75 Å². The number of methoxy groups -OCH3 is 1. The van der Waals surface area contributed by atoms with Gasteiger partial charge in [-0.3, -0.25) is 0 Å². The third kappa shape index (κ3) is 6.78. The van der Waals surface area contributed by atoms with Crippen LogP contribution in [0, 0.1) is 0 Å². The van der Waals surface area contributed by atoms with Crippen LogP contribution in [0.3, 0.4) is 0 Å². The first-order valence-electron chi connectivity index (χ1n) is 8.07. The number of carboxylic acids is 2. The van der Waals surface area contributed by atoms with Crippen LogP contribution in [-0.2, 0) is 16.0 Å². The Bertz CT molecular complexity index is 754. The van der Waals surface area contributed by atoms with Crippen LogP contribution in [0.15, 0.2) is 30.5 Å². The van der Waals surface area contributed by atoms with E-state index >= 15 is 0 Å². The third-order valence-corrected chi connectivity index (χ3v) is 3.79. The number of carboxylic acid groups (broad SMARTS) is 2. The van der Waals surface area contributed by atoms with Gasteiger partial charge >= 0.3 is 11.9 Å². The van der Waals surface area contributed by atoms with Crippen LogP contribution in [0.1, 0.15) is 18.9 Å². The Morgan fingerprint density at radius 1 is 1.23 bits per heavy atom. The Balaban J connectivity index is 0.000000359. The Morgan fingerprint density at radius 2 is 1.88 bits per heavy atom. The Hall–Kier alpha value is -2.51. The predicted octanol–water partition coefficient (Wildman–Crippen LogP) is 3.08. The van der Waals surface area contributed by atoms with E-state index in [2.05, 4.69) is 17.2 Å². The molecule has 142 valence electrons. The summed E-state index contributed by atoms with van der Waals surface area (Å²) in [7, 11) is 1.64. The number of nitrogens with one attached hydrogen (secondary N) is 2. The first-order chi connectivity index (χ1) is 12.4. The molecule has 0 bridgehead atoms. The fraction of sp³-hybridized carbons (Fsp3) is 0.333. The largest absolute Gasteiger partial charge is 0.495 e. The van der Waals surface area contributed by atoms with Gasteiger partial charge in [0.15, 0.2) is 0 Å². The second-order valence-corrected chi connectivity index (χ2v) is 5.71. The highest BCUT2D eigenvalue weighted by molar-refractivity contribution is 6.37. The quantitative estimate of drug-likeness (QED) is 0.412. The molecule has 0 spiro atoms. The number of aliphatic carboxylic acids is 2. The molecule has 0 fully saturated rings. The summed E-state index contributed by atoms with van der Waals surface area (Å²) in [6.45, 7) is 4.19. The molecule has 0 saturated carbocycles. The van der Waals surface area contributed by atoms with E-state index in [1.54, 1.807) is 7.11 Å². The minimum atomic E-state index is -1.26. The second kappa shape index (κ2) is 11.2. The second-order valence-electron chi connectivity index (χ2n) is 5.33. The Kier molecular flexibility index (Phi) is 9.25. The number of aromatic amines is 1. The normalized spacial score (nSPS) is 10.6. The van der Waals surface area contributed by atoms with Gasteiger partial charge < -0.3 is 25.3 Å². The molecule has 0 unspecified atom stereocenters. The molecule has 1 aromatic carbocycles. The van der Waals surface area contributed by atoms with E-state index in [1.807, 2.05) is 18.3 Å². The average molecular weight is 383 g/mol. The number of H-pyrrole nitrogens is 1. The minimum Gasteiger partial charge on any atom is -0.495 e. The number of hydrogen-bond donors (Lipinski definition) is 4. The van der Waals surface area contributed by atoms with E-state index in [9.17, 15) is 9.59 Å². The van der Waals surface area contributed by atoms with Gasteiger partial charge in [-0.2, -0.15) is 0 Å². The van der Waals surface area contributed by atoms with E-state index in [1.165, 1.54) is 5.56 Å². The van der Waals surface area contributed by atoms with E-state index in [0.717, 1.165) is 42.6 Å². The summed E-state index contributed by atoms with van der Waals surface area (Å²) >= 11 is 6.36. The lowest BCUT2D eigenvalue weighted by Gasteiger charge is -2.06. The van der Waals surface area contributed by atoms with Gasteiger partial charge in [0, 0.05) is 29.3 Å². The van der Waals surface area contributed by atoms with E-state index in [-0.39, 0.29) is 0 Å². The van der Waals surface area contributed by atoms with E-state index < -0.39 is 11.9 Å². The van der Waals surface area contributed by atoms with Crippen molar-refractivity contribution in [2.45, 2.75) is 19.8 Å². The van der Waals surface area contributed by atoms with Crippen molar-refractivity contribution in [1.82, 2.24) is 10.3 Å². The molecule has 0 saturated heterocycles. The molecule has 26 heavy (non-hydrogen) atoms. The highest BCUT2D eigenvalue weighted by atomic mass is 35.5. The molecule has 0 aliphatic heterocycles. The maximum Gasteiger partial charge on any atom is 0.328 e. The predicted molar refractivity (Wildman–Crippen MR) is 101 cm³/mol. The van der Waals surface area contributed by atoms with Crippen LogP contribution in [0.5, 0.6) is 5.75 Å². The van der Waals surface area contributed by atoms with Crippen molar-refractivity contribution in [2.75, 3.05) is 20.2 Å². The van der Waals surface area contributed by atoms with Crippen molar-refractivity contribution < 1.29 is 24.5 Å². The number of ether oxygens (including phenoxy) is 1. The van der Waals surface area contributed by atoms with Crippen molar-refractivity contribution in [3.63, 3.8) is 0 Å². The molecule has 2 rings (SSSR count). The molecule has 0 amide bonds. The summed E-state index contributed by atoms with van der Waals surface area (Å²) in [5.41, 5.74) is 2.30. The molecular formula is C18H23ClN2O5. The number of rotatable bonds is 8. The Labute approximate surface area is 156 Å². The maximum absolute atomic E-state index is 9.55. The van der Waals surface area contributed by atoms with Crippen molar-refractivity contribution >= 4 is 34.4 Å². The fourth-order valence-corrected chi connectivity index (χ4v) is 2.61. The van der Waals surface area contributed by atoms with Crippen LogP contribution in [0.4, 0.5) is 0 Å². The number of benzene rings is 1. The number of aromatic nitrogens is 1. The summed E-state index contributed by atoms with van der Waals surface area (Å²) in [5.74, 6) is -1.79. The smallest absolute Gasteiger partial charge is 0.328 e. The van der Waals surface area contributed by atoms with Crippen LogP contribution in [0.25, 0.3) is 10.9 Å². The number of halogens is 1. The van der Waals surface area contributed by atoms with Crippen molar-refractivity contribution in [1.29, 1.82) is 0 Å². The highest BCUT2D eigenvalue weighted by Crippen LogP contribution is 2.34. The molecule has 4 N–H and O–H groups in total. The number of carbonyl (C=O) groups is 2. The molecule has 0 aliphatic rings. The Morgan fingerprint density at radius 3 is 2.42 bits per heavy atom. The van der Waals surface area contributed by atoms with Gasteiger partial charge in [-0.1, -0.05) is 18.5 Å². The minimum absolute atomic E-state index is 0.558. The van der Waals surface area contributed by atoms with Gasteiger partial charge in [0.1, 0.15) is 5.75 Å². The molecular weight excluding hydrogens is 360 g/mol. The lowest BCUT2D eigenvalue weighted by Crippen LogP contribution is -2.17. The van der Waals surface area contributed by atoms with Gasteiger partial charge in [0.2, 0.25) is 0 Å². The van der Waals surface area contributed by atoms with Crippen LogP contribution in [-0.4, -0.2) is 47.3 Å².